The Morgan fingerprint density at radius 2 is 2.20 bits per heavy atom. The summed E-state index contributed by atoms with van der Waals surface area (Å²) in [6.07, 6.45) is 1.50. The van der Waals surface area contributed by atoms with Gasteiger partial charge in [0.25, 0.3) is 0 Å². The fourth-order valence-corrected chi connectivity index (χ4v) is 2.93. The highest BCUT2D eigenvalue weighted by molar-refractivity contribution is 6.33. The number of nitrogens with one attached hydrogen (secondary N) is 1. The first kappa shape index (κ1) is 14.9. The average molecular weight is 300 g/mol. The highest BCUT2D eigenvalue weighted by Crippen LogP contribution is 2.43. The Morgan fingerprint density at radius 3 is 2.70 bits per heavy atom. The molecule has 0 aromatic heterocycles. The normalized spacial score (nSPS) is 21.2. The number of ether oxygens (including phenoxy) is 2. The molecule has 2 atom stereocenters. The summed E-state index contributed by atoms with van der Waals surface area (Å²) in [6, 6.07) is 0.998. The first-order valence-electron chi connectivity index (χ1n) is 6.45. The van der Waals surface area contributed by atoms with Gasteiger partial charge in [0.05, 0.1) is 19.2 Å². The van der Waals surface area contributed by atoms with Gasteiger partial charge in [-0.25, -0.2) is 0 Å². The number of methoxy groups -OCH3 is 2. The molecule has 1 aromatic rings. The number of hydrogen-bond acceptors (Lipinski definition) is 4. The second kappa shape index (κ2) is 5.89. The van der Waals surface area contributed by atoms with Crippen LogP contribution < -0.4 is 14.8 Å². The van der Waals surface area contributed by atoms with E-state index in [1.165, 1.54) is 14.2 Å². The van der Waals surface area contributed by atoms with Gasteiger partial charge in [0.1, 0.15) is 6.04 Å². The van der Waals surface area contributed by atoms with Crippen molar-refractivity contribution in [1.29, 1.82) is 0 Å². The zero-order valence-electron chi connectivity index (χ0n) is 11.7. The standard InChI is InChI=1S/C14H18ClNO4/c1-4-7-5-8-9(12(16-7)14(17)18)6-10(19-2)13(20-3)11(8)15/h6-7,12,16H,4-5H2,1-3H3,(H,17,18). The van der Waals surface area contributed by atoms with Gasteiger partial charge in [0.15, 0.2) is 11.5 Å². The summed E-state index contributed by atoms with van der Waals surface area (Å²) in [5.41, 5.74) is 1.46. The van der Waals surface area contributed by atoms with E-state index in [9.17, 15) is 9.90 Å². The summed E-state index contributed by atoms with van der Waals surface area (Å²) in [5.74, 6) is -0.0271. The SMILES string of the molecule is CCC1Cc2c(cc(OC)c(OC)c2Cl)C(C(=O)O)N1. The molecular weight excluding hydrogens is 282 g/mol. The Kier molecular flexibility index (Phi) is 4.40. The van der Waals surface area contributed by atoms with Crippen molar-refractivity contribution >= 4 is 17.6 Å². The molecule has 6 heteroatoms. The van der Waals surface area contributed by atoms with Crippen molar-refractivity contribution in [1.82, 2.24) is 5.32 Å². The number of benzene rings is 1. The van der Waals surface area contributed by atoms with Gasteiger partial charge in [0.2, 0.25) is 0 Å². The molecular formula is C14H18ClNO4. The molecule has 110 valence electrons. The molecule has 2 rings (SSSR count). The van der Waals surface area contributed by atoms with E-state index in [1.54, 1.807) is 6.07 Å². The maximum Gasteiger partial charge on any atom is 0.325 e. The van der Waals surface area contributed by atoms with Crippen LogP contribution in [0.1, 0.15) is 30.5 Å². The highest BCUT2D eigenvalue weighted by Gasteiger charge is 2.34. The molecule has 0 fully saturated rings. The fraction of sp³-hybridized carbons (Fsp3) is 0.500. The summed E-state index contributed by atoms with van der Waals surface area (Å²) in [7, 11) is 3.02. The number of carbonyl (C=O) groups is 1. The van der Waals surface area contributed by atoms with E-state index in [0.717, 1.165) is 12.0 Å². The lowest BCUT2D eigenvalue weighted by Crippen LogP contribution is -2.42. The minimum absolute atomic E-state index is 0.0826. The lowest BCUT2D eigenvalue weighted by molar-refractivity contribution is -0.140. The predicted octanol–water partition coefficient (Wildman–Crippen LogP) is 2.41. The molecule has 5 nitrogen and oxygen atoms in total. The smallest absolute Gasteiger partial charge is 0.325 e. The molecule has 0 saturated carbocycles. The number of rotatable bonds is 4. The Labute approximate surface area is 122 Å². The molecule has 0 spiro atoms. The Balaban J connectivity index is 2.62. The number of halogens is 1. The summed E-state index contributed by atoms with van der Waals surface area (Å²) in [6.45, 7) is 2.01. The van der Waals surface area contributed by atoms with Gasteiger partial charge in [-0.3, -0.25) is 10.1 Å². The minimum atomic E-state index is -0.923. The first-order chi connectivity index (χ1) is 9.53. The van der Waals surface area contributed by atoms with Crippen molar-refractivity contribution in [2.45, 2.75) is 31.8 Å². The van der Waals surface area contributed by atoms with Crippen LogP contribution in [0.25, 0.3) is 0 Å². The molecule has 1 aliphatic heterocycles. The van der Waals surface area contributed by atoms with Gasteiger partial charge in [-0.15, -0.1) is 0 Å². The van der Waals surface area contributed by atoms with Gasteiger partial charge < -0.3 is 14.6 Å². The summed E-state index contributed by atoms with van der Waals surface area (Å²) in [4.78, 5) is 11.5. The van der Waals surface area contributed by atoms with Crippen molar-refractivity contribution in [2.24, 2.45) is 0 Å². The molecule has 0 amide bonds. The quantitative estimate of drug-likeness (QED) is 0.893. The number of fused-ring (bicyclic) bond motifs is 1. The maximum absolute atomic E-state index is 11.5. The number of hydrogen-bond donors (Lipinski definition) is 2. The van der Waals surface area contributed by atoms with Crippen LogP contribution in [-0.2, 0) is 11.2 Å². The summed E-state index contributed by atoms with van der Waals surface area (Å²) < 4.78 is 10.5. The molecule has 20 heavy (non-hydrogen) atoms. The van der Waals surface area contributed by atoms with Gasteiger partial charge in [-0.2, -0.15) is 0 Å². The van der Waals surface area contributed by atoms with Crippen molar-refractivity contribution in [3.05, 3.63) is 22.2 Å². The lowest BCUT2D eigenvalue weighted by atomic mass is 9.88. The maximum atomic E-state index is 11.5. The van der Waals surface area contributed by atoms with E-state index < -0.39 is 12.0 Å². The number of carboxylic acid groups (broad SMARTS) is 1. The summed E-state index contributed by atoms with van der Waals surface area (Å²) >= 11 is 6.38. The summed E-state index contributed by atoms with van der Waals surface area (Å²) in [5, 5.41) is 13.0. The van der Waals surface area contributed by atoms with Crippen LogP contribution in [0.15, 0.2) is 6.07 Å². The zero-order valence-corrected chi connectivity index (χ0v) is 12.5. The number of aliphatic carboxylic acids is 1. The van der Waals surface area contributed by atoms with Crippen LogP contribution in [0.4, 0.5) is 0 Å². The monoisotopic (exact) mass is 299 g/mol. The molecule has 0 bridgehead atoms. The van der Waals surface area contributed by atoms with Crippen molar-refractivity contribution < 1.29 is 19.4 Å². The van der Waals surface area contributed by atoms with Crippen LogP contribution in [-0.4, -0.2) is 31.3 Å². The average Bonchev–Trinajstić information content (AvgIpc) is 2.45. The third kappa shape index (κ3) is 2.43. The second-order valence-corrected chi connectivity index (χ2v) is 5.12. The Morgan fingerprint density at radius 1 is 1.50 bits per heavy atom. The zero-order chi connectivity index (χ0) is 14.9. The molecule has 2 N–H and O–H groups in total. The van der Waals surface area contributed by atoms with E-state index in [2.05, 4.69) is 5.32 Å². The van der Waals surface area contributed by atoms with Crippen molar-refractivity contribution in [3.63, 3.8) is 0 Å². The Hall–Kier alpha value is -1.46. The minimum Gasteiger partial charge on any atom is -0.493 e. The molecule has 0 aliphatic carbocycles. The molecule has 2 unspecified atom stereocenters. The van der Waals surface area contributed by atoms with Gasteiger partial charge in [0, 0.05) is 6.04 Å². The lowest BCUT2D eigenvalue weighted by Gasteiger charge is -2.32. The number of carboxylic acids is 1. The third-order valence-corrected chi connectivity index (χ3v) is 4.05. The predicted molar refractivity (Wildman–Crippen MR) is 75.9 cm³/mol. The van der Waals surface area contributed by atoms with E-state index in [4.69, 9.17) is 21.1 Å². The van der Waals surface area contributed by atoms with Gasteiger partial charge in [-0.05, 0) is 30.0 Å². The fourth-order valence-electron chi connectivity index (χ4n) is 2.57. The molecule has 1 aromatic carbocycles. The largest absolute Gasteiger partial charge is 0.493 e. The van der Waals surface area contributed by atoms with Crippen LogP contribution in [0.5, 0.6) is 11.5 Å². The topological polar surface area (TPSA) is 67.8 Å². The molecule has 1 aliphatic rings. The van der Waals surface area contributed by atoms with Crippen molar-refractivity contribution in [3.8, 4) is 11.5 Å². The van der Waals surface area contributed by atoms with Gasteiger partial charge in [-0.1, -0.05) is 18.5 Å². The molecule has 1 heterocycles. The first-order valence-corrected chi connectivity index (χ1v) is 6.83. The van der Waals surface area contributed by atoms with Crippen LogP contribution in [0.2, 0.25) is 5.02 Å². The van der Waals surface area contributed by atoms with E-state index in [-0.39, 0.29) is 6.04 Å². The second-order valence-electron chi connectivity index (χ2n) is 4.74. The Bertz CT molecular complexity index is 532. The van der Waals surface area contributed by atoms with Crippen molar-refractivity contribution in [2.75, 3.05) is 14.2 Å². The van der Waals surface area contributed by atoms with Crippen LogP contribution in [0.3, 0.4) is 0 Å². The van der Waals surface area contributed by atoms with Crippen LogP contribution >= 0.6 is 11.6 Å². The molecule has 0 radical (unpaired) electrons. The van der Waals surface area contributed by atoms with Crippen LogP contribution in [0, 0.1) is 0 Å². The van der Waals surface area contributed by atoms with E-state index in [0.29, 0.717) is 28.5 Å². The van der Waals surface area contributed by atoms with E-state index >= 15 is 0 Å². The van der Waals surface area contributed by atoms with E-state index in [1.807, 2.05) is 6.92 Å². The van der Waals surface area contributed by atoms with Gasteiger partial charge >= 0.3 is 5.97 Å². The third-order valence-electron chi connectivity index (χ3n) is 3.65. The molecule has 0 saturated heterocycles. The highest BCUT2D eigenvalue weighted by atomic mass is 35.5.